The molecule has 92 valence electrons. The van der Waals surface area contributed by atoms with Crippen LogP contribution in [-0.2, 0) is 0 Å². The summed E-state index contributed by atoms with van der Waals surface area (Å²) in [5, 5.41) is 4.34. The summed E-state index contributed by atoms with van der Waals surface area (Å²) in [7, 11) is 2.07. The Bertz CT molecular complexity index is 203. The van der Waals surface area contributed by atoms with Crippen LogP contribution in [0.5, 0.6) is 0 Å². The van der Waals surface area contributed by atoms with Gasteiger partial charge in [-0.05, 0) is 32.7 Å². The fourth-order valence-electron chi connectivity index (χ4n) is 2.25. The molecule has 0 amide bonds. The Labute approximate surface area is 105 Å². The van der Waals surface area contributed by atoms with Gasteiger partial charge in [-0.1, -0.05) is 19.3 Å². The number of unbranched alkanes of at least 4 members (excludes halogenated alkanes) is 1. The van der Waals surface area contributed by atoms with Gasteiger partial charge in [-0.2, -0.15) is 11.8 Å². The van der Waals surface area contributed by atoms with Crippen molar-refractivity contribution in [2.75, 3.05) is 12.8 Å². The molecule has 1 aliphatic rings. The van der Waals surface area contributed by atoms with Crippen LogP contribution in [0.15, 0.2) is 0 Å². The first-order chi connectivity index (χ1) is 7.86. The molecule has 16 heavy (non-hydrogen) atoms. The van der Waals surface area contributed by atoms with Crippen molar-refractivity contribution in [3.8, 4) is 12.3 Å². The lowest BCUT2D eigenvalue weighted by atomic mass is 10.0. The number of rotatable bonds is 7. The standard InChI is InChI=1S/C14H25NS/c1-3-4-6-9-13(15-2)12-16-14-10-7-5-8-11-14/h1,13-15H,4-12H2,2H3. The largest absolute Gasteiger partial charge is 0.316 e. The molecule has 1 fully saturated rings. The van der Waals surface area contributed by atoms with Crippen molar-refractivity contribution >= 4 is 11.8 Å². The predicted molar refractivity (Wildman–Crippen MR) is 74.9 cm³/mol. The molecule has 0 aromatic rings. The van der Waals surface area contributed by atoms with Crippen LogP contribution in [0.4, 0.5) is 0 Å². The van der Waals surface area contributed by atoms with Crippen molar-refractivity contribution in [1.82, 2.24) is 5.32 Å². The van der Waals surface area contributed by atoms with Gasteiger partial charge in [0.2, 0.25) is 0 Å². The van der Waals surface area contributed by atoms with Crippen LogP contribution in [0.3, 0.4) is 0 Å². The van der Waals surface area contributed by atoms with E-state index in [9.17, 15) is 0 Å². The molecule has 1 rings (SSSR count). The number of hydrogen-bond donors (Lipinski definition) is 1. The third-order valence-electron chi connectivity index (χ3n) is 3.37. The third-order valence-corrected chi connectivity index (χ3v) is 4.90. The van der Waals surface area contributed by atoms with Gasteiger partial charge in [0.25, 0.3) is 0 Å². The lowest BCUT2D eigenvalue weighted by Crippen LogP contribution is -2.28. The molecule has 0 aromatic carbocycles. The average Bonchev–Trinajstić information content (AvgIpc) is 2.35. The summed E-state index contributed by atoms with van der Waals surface area (Å²) < 4.78 is 0. The summed E-state index contributed by atoms with van der Waals surface area (Å²) >= 11 is 2.17. The normalized spacial score (nSPS) is 19.2. The summed E-state index contributed by atoms with van der Waals surface area (Å²) in [6, 6.07) is 0.653. The van der Waals surface area contributed by atoms with Crippen molar-refractivity contribution < 1.29 is 0 Å². The minimum atomic E-state index is 0.653. The van der Waals surface area contributed by atoms with Crippen LogP contribution in [0.1, 0.15) is 51.4 Å². The van der Waals surface area contributed by atoms with Gasteiger partial charge in [-0.3, -0.25) is 0 Å². The maximum atomic E-state index is 5.27. The van der Waals surface area contributed by atoms with Crippen LogP contribution in [0.2, 0.25) is 0 Å². The van der Waals surface area contributed by atoms with E-state index in [0.29, 0.717) is 6.04 Å². The molecule has 1 nitrogen and oxygen atoms in total. The van der Waals surface area contributed by atoms with Gasteiger partial charge in [-0.15, -0.1) is 12.3 Å². The molecular weight excluding hydrogens is 214 g/mol. The van der Waals surface area contributed by atoms with Crippen molar-refractivity contribution in [3.63, 3.8) is 0 Å². The van der Waals surface area contributed by atoms with Gasteiger partial charge >= 0.3 is 0 Å². The topological polar surface area (TPSA) is 12.0 Å². The SMILES string of the molecule is C#CCCCC(CSC1CCCCC1)NC. The zero-order valence-corrected chi connectivity index (χ0v) is 11.3. The minimum absolute atomic E-state index is 0.653. The number of terminal acetylenes is 1. The van der Waals surface area contributed by atoms with Crippen LogP contribution in [0, 0.1) is 12.3 Å². The Morgan fingerprint density at radius 2 is 2.12 bits per heavy atom. The fraction of sp³-hybridized carbons (Fsp3) is 0.857. The zero-order chi connectivity index (χ0) is 11.6. The summed E-state index contributed by atoms with van der Waals surface area (Å²) in [4.78, 5) is 0. The summed E-state index contributed by atoms with van der Waals surface area (Å²) in [6.45, 7) is 0. The second-order valence-corrected chi connectivity index (χ2v) is 6.01. The quantitative estimate of drug-likeness (QED) is 0.539. The van der Waals surface area contributed by atoms with Crippen molar-refractivity contribution in [2.45, 2.75) is 62.7 Å². The molecule has 0 spiro atoms. The molecule has 0 saturated heterocycles. The second kappa shape index (κ2) is 8.96. The Morgan fingerprint density at radius 1 is 1.38 bits per heavy atom. The van der Waals surface area contributed by atoms with Gasteiger partial charge in [0.05, 0.1) is 0 Å². The maximum absolute atomic E-state index is 5.27. The Hall–Kier alpha value is -0.130. The summed E-state index contributed by atoms with van der Waals surface area (Å²) in [6.07, 6.45) is 15.8. The van der Waals surface area contributed by atoms with Gasteiger partial charge in [0, 0.05) is 23.5 Å². The molecule has 1 N–H and O–H groups in total. The molecular formula is C14H25NS. The average molecular weight is 239 g/mol. The molecule has 1 atom stereocenters. The zero-order valence-electron chi connectivity index (χ0n) is 10.5. The van der Waals surface area contributed by atoms with Gasteiger partial charge in [0.1, 0.15) is 0 Å². The molecule has 0 heterocycles. The Morgan fingerprint density at radius 3 is 2.75 bits per heavy atom. The van der Waals surface area contributed by atoms with Crippen molar-refractivity contribution in [2.24, 2.45) is 0 Å². The van der Waals surface area contributed by atoms with E-state index in [1.54, 1.807) is 0 Å². The van der Waals surface area contributed by atoms with Gasteiger partial charge < -0.3 is 5.32 Å². The molecule has 1 saturated carbocycles. The highest BCUT2D eigenvalue weighted by molar-refractivity contribution is 7.99. The van der Waals surface area contributed by atoms with E-state index in [-0.39, 0.29) is 0 Å². The number of hydrogen-bond acceptors (Lipinski definition) is 2. The van der Waals surface area contributed by atoms with E-state index in [1.807, 2.05) is 0 Å². The predicted octanol–water partition coefficient (Wildman–Crippen LogP) is 3.44. The first-order valence-corrected chi connectivity index (χ1v) is 7.64. The van der Waals surface area contributed by atoms with E-state index < -0.39 is 0 Å². The number of nitrogens with one attached hydrogen (secondary N) is 1. The highest BCUT2D eigenvalue weighted by Gasteiger charge is 2.15. The minimum Gasteiger partial charge on any atom is -0.316 e. The van der Waals surface area contributed by atoms with E-state index in [4.69, 9.17) is 6.42 Å². The van der Waals surface area contributed by atoms with Crippen LogP contribution >= 0.6 is 11.8 Å². The lowest BCUT2D eigenvalue weighted by Gasteiger charge is -2.23. The monoisotopic (exact) mass is 239 g/mol. The van der Waals surface area contributed by atoms with Crippen LogP contribution < -0.4 is 5.32 Å². The molecule has 1 unspecified atom stereocenters. The molecule has 2 heteroatoms. The Kier molecular flexibility index (Phi) is 7.80. The molecule has 0 bridgehead atoms. The van der Waals surface area contributed by atoms with Gasteiger partial charge in [0.15, 0.2) is 0 Å². The summed E-state index contributed by atoms with van der Waals surface area (Å²) in [5.74, 6) is 3.97. The molecule has 0 radical (unpaired) electrons. The molecule has 0 aromatic heterocycles. The van der Waals surface area contributed by atoms with E-state index in [2.05, 4.69) is 30.0 Å². The first-order valence-electron chi connectivity index (χ1n) is 6.59. The van der Waals surface area contributed by atoms with Gasteiger partial charge in [-0.25, -0.2) is 0 Å². The number of thioether (sulfide) groups is 1. The summed E-state index contributed by atoms with van der Waals surface area (Å²) in [5.41, 5.74) is 0. The van der Waals surface area contributed by atoms with E-state index in [1.165, 1.54) is 44.3 Å². The fourth-order valence-corrected chi connectivity index (χ4v) is 3.75. The Balaban J connectivity index is 2.09. The van der Waals surface area contributed by atoms with Crippen molar-refractivity contribution in [1.29, 1.82) is 0 Å². The second-order valence-electron chi connectivity index (χ2n) is 4.68. The smallest absolute Gasteiger partial charge is 0.0155 e. The molecule has 0 aliphatic heterocycles. The highest BCUT2D eigenvalue weighted by Crippen LogP contribution is 2.28. The third kappa shape index (κ3) is 5.82. The van der Waals surface area contributed by atoms with Crippen molar-refractivity contribution in [3.05, 3.63) is 0 Å². The lowest BCUT2D eigenvalue weighted by molar-refractivity contribution is 0.511. The van der Waals surface area contributed by atoms with E-state index in [0.717, 1.165) is 18.1 Å². The van der Waals surface area contributed by atoms with E-state index >= 15 is 0 Å². The maximum Gasteiger partial charge on any atom is 0.0155 e. The molecule has 1 aliphatic carbocycles. The highest BCUT2D eigenvalue weighted by atomic mass is 32.2. The van der Waals surface area contributed by atoms with Crippen LogP contribution in [-0.4, -0.2) is 24.1 Å². The first kappa shape index (κ1) is 13.9. The van der Waals surface area contributed by atoms with Crippen LogP contribution in [0.25, 0.3) is 0 Å².